The average molecular weight is 211 g/mol. The number of anilines is 1. The van der Waals surface area contributed by atoms with Gasteiger partial charge in [-0.2, -0.15) is 5.10 Å². The molecule has 15 heavy (non-hydrogen) atoms. The lowest BCUT2D eigenvalue weighted by Gasteiger charge is -2.16. The second-order valence-electron chi connectivity index (χ2n) is 3.60. The Hall–Kier alpha value is -1.36. The van der Waals surface area contributed by atoms with Gasteiger partial charge in [0.1, 0.15) is 0 Å². The zero-order chi connectivity index (χ0) is 11.4. The first-order valence-electron chi connectivity index (χ1n) is 5.01. The van der Waals surface area contributed by atoms with Gasteiger partial charge in [-0.25, -0.2) is 4.68 Å². The summed E-state index contributed by atoms with van der Waals surface area (Å²) in [6.07, 6.45) is 1.07. The molecular weight excluding hydrogens is 194 g/mol. The predicted molar refractivity (Wildman–Crippen MR) is 59.1 cm³/mol. The molecule has 1 heterocycles. The van der Waals surface area contributed by atoms with Crippen LogP contribution < -0.4 is 10.5 Å². The Balaban J connectivity index is 2.93. The normalized spacial score (nSPS) is 12.5. The Labute approximate surface area is 89.0 Å². The summed E-state index contributed by atoms with van der Waals surface area (Å²) in [5, 5.41) is 13.1. The van der Waals surface area contributed by atoms with E-state index in [0.29, 0.717) is 0 Å². The van der Waals surface area contributed by atoms with Crippen LogP contribution in [-0.4, -0.2) is 34.6 Å². The van der Waals surface area contributed by atoms with E-state index in [2.05, 4.69) is 5.10 Å². The van der Waals surface area contributed by atoms with Crippen molar-refractivity contribution in [1.29, 1.82) is 0 Å². The van der Waals surface area contributed by atoms with Crippen LogP contribution in [-0.2, 0) is 6.54 Å². The van der Waals surface area contributed by atoms with E-state index < -0.39 is 6.10 Å². The third-order valence-corrected chi connectivity index (χ3v) is 2.21. The summed E-state index contributed by atoms with van der Waals surface area (Å²) < 4.78 is 1.26. The fourth-order valence-corrected chi connectivity index (χ4v) is 1.20. The van der Waals surface area contributed by atoms with Gasteiger partial charge >= 0.3 is 0 Å². The first kappa shape index (κ1) is 11.7. The molecule has 84 valence electrons. The highest BCUT2D eigenvalue weighted by Crippen LogP contribution is 2.05. The minimum Gasteiger partial charge on any atom is -0.391 e. The van der Waals surface area contributed by atoms with Gasteiger partial charge in [0.25, 0.3) is 5.56 Å². The van der Waals surface area contributed by atoms with Crippen molar-refractivity contribution in [2.24, 2.45) is 0 Å². The largest absolute Gasteiger partial charge is 0.391 e. The quantitative estimate of drug-likeness (QED) is 0.766. The topological polar surface area (TPSA) is 58.4 Å². The molecule has 0 aliphatic rings. The van der Waals surface area contributed by atoms with Crippen LogP contribution in [0.1, 0.15) is 13.8 Å². The number of rotatable bonds is 4. The Morgan fingerprint density at radius 1 is 1.67 bits per heavy atom. The number of nitrogens with zero attached hydrogens (tertiary/aromatic N) is 3. The van der Waals surface area contributed by atoms with Crippen molar-refractivity contribution in [2.45, 2.75) is 26.5 Å². The van der Waals surface area contributed by atoms with Crippen LogP contribution in [0.4, 0.5) is 5.69 Å². The van der Waals surface area contributed by atoms with Crippen LogP contribution in [0, 0.1) is 0 Å². The molecule has 0 amide bonds. The second-order valence-corrected chi connectivity index (χ2v) is 3.60. The number of hydrogen-bond acceptors (Lipinski definition) is 4. The second kappa shape index (κ2) is 4.93. The number of hydrogen-bond donors (Lipinski definition) is 1. The van der Waals surface area contributed by atoms with Gasteiger partial charge in [-0.15, -0.1) is 0 Å². The molecule has 5 heteroatoms. The van der Waals surface area contributed by atoms with Crippen molar-refractivity contribution in [3.05, 3.63) is 22.6 Å². The van der Waals surface area contributed by atoms with Crippen molar-refractivity contribution in [2.75, 3.05) is 18.5 Å². The van der Waals surface area contributed by atoms with Crippen molar-refractivity contribution >= 4 is 5.69 Å². The highest BCUT2D eigenvalue weighted by molar-refractivity contribution is 5.41. The zero-order valence-corrected chi connectivity index (χ0v) is 9.34. The van der Waals surface area contributed by atoms with Gasteiger partial charge in [0.05, 0.1) is 24.5 Å². The molecule has 1 aromatic rings. The molecule has 1 rings (SSSR count). The van der Waals surface area contributed by atoms with Crippen molar-refractivity contribution in [3.8, 4) is 0 Å². The van der Waals surface area contributed by atoms with Gasteiger partial charge < -0.3 is 10.0 Å². The molecule has 0 bridgehead atoms. The Morgan fingerprint density at radius 2 is 2.33 bits per heavy atom. The van der Waals surface area contributed by atoms with Gasteiger partial charge in [0.15, 0.2) is 0 Å². The molecule has 0 radical (unpaired) electrons. The van der Waals surface area contributed by atoms with E-state index in [-0.39, 0.29) is 12.1 Å². The maximum Gasteiger partial charge on any atom is 0.268 e. The van der Waals surface area contributed by atoms with Gasteiger partial charge in [-0.1, -0.05) is 0 Å². The van der Waals surface area contributed by atoms with Crippen molar-refractivity contribution in [3.63, 3.8) is 0 Å². The number of aliphatic hydroxyl groups excluding tert-OH is 1. The average Bonchev–Trinajstić information content (AvgIpc) is 2.19. The lowest BCUT2D eigenvalue weighted by atomic mass is 10.4. The van der Waals surface area contributed by atoms with Crippen LogP contribution in [0.2, 0.25) is 0 Å². The molecule has 0 saturated carbocycles. The summed E-state index contributed by atoms with van der Waals surface area (Å²) in [4.78, 5) is 13.5. The van der Waals surface area contributed by atoms with E-state index in [4.69, 9.17) is 5.11 Å². The summed E-state index contributed by atoms with van der Waals surface area (Å²) in [6.45, 7) is 4.68. The van der Waals surface area contributed by atoms with E-state index >= 15 is 0 Å². The lowest BCUT2D eigenvalue weighted by Crippen LogP contribution is -2.28. The first-order valence-corrected chi connectivity index (χ1v) is 5.01. The number of aliphatic hydroxyl groups is 1. The number of aromatic nitrogens is 2. The molecule has 0 saturated heterocycles. The standard InChI is InChI=1S/C10H17N3O2/c1-4-12(3)9-5-10(15)13(11-6-9)7-8(2)14/h5-6,8,14H,4,7H2,1-3H3/t8-/m0/s1. The van der Waals surface area contributed by atoms with E-state index in [0.717, 1.165) is 12.2 Å². The monoisotopic (exact) mass is 211 g/mol. The zero-order valence-electron chi connectivity index (χ0n) is 9.34. The van der Waals surface area contributed by atoms with E-state index in [1.165, 1.54) is 10.7 Å². The van der Waals surface area contributed by atoms with Crippen molar-refractivity contribution in [1.82, 2.24) is 9.78 Å². The van der Waals surface area contributed by atoms with Crippen LogP contribution in [0.5, 0.6) is 0 Å². The lowest BCUT2D eigenvalue weighted by molar-refractivity contribution is 0.166. The van der Waals surface area contributed by atoms with Crippen molar-refractivity contribution < 1.29 is 5.11 Å². The van der Waals surface area contributed by atoms with Gasteiger partial charge in [-0.05, 0) is 13.8 Å². The molecule has 0 aliphatic heterocycles. The summed E-state index contributed by atoms with van der Waals surface area (Å²) in [7, 11) is 1.90. The third kappa shape index (κ3) is 3.06. The Bertz CT molecular complexity index is 373. The summed E-state index contributed by atoms with van der Waals surface area (Å²) in [5.41, 5.74) is 0.609. The molecule has 1 atom stereocenters. The van der Waals surface area contributed by atoms with Crippen LogP contribution in [0.25, 0.3) is 0 Å². The maximum atomic E-state index is 11.6. The molecular formula is C10H17N3O2. The maximum absolute atomic E-state index is 11.6. The fraction of sp³-hybridized carbons (Fsp3) is 0.600. The minimum absolute atomic E-state index is 0.186. The molecule has 0 fully saturated rings. The van der Waals surface area contributed by atoms with E-state index in [9.17, 15) is 4.79 Å². The smallest absolute Gasteiger partial charge is 0.268 e. The molecule has 5 nitrogen and oxygen atoms in total. The molecule has 0 unspecified atom stereocenters. The van der Waals surface area contributed by atoms with Crippen LogP contribution in [0.3, 0.4) is 0 Å². The van der Waals surface area contributed by atoms with Crippen LogP contribution in [0.15, 0.2) is 17.1 Å². The van der Waals surface area contributed by atoms with Crippen LogP contribution >= 0.6 is 0 Å². The summed E-state index contributed by atoms with van der Waals surface area (Å²) in [5.74, 6) is 0. The molecule has 0 aliphatic carbocycles. The molecule has 0 spiro atoms. The van der Waals surface area contributed by atoms with Gasteiger partial charge in [0, 0.05) is 19.7 Å². The first-order chi connectivity index (χ1) is 7.04. The Morgan fingerprint density at radius 3 is 2.80 bits per heavy atom. The van der Waals surface area contributed by atoms with E-state index in [1.807, 2.05) is 18.9 Å². The minimum atomic E-state index is -0.565. The Kier molecular flexibility index (Phi) is 3.85. The third-order valence-electron chi connectivity index (χ3n) is 2.21. The SMILES string of the molecule is CCN(C)c1cnn(C[C@H](C)O)c(=O)c1. The highest BCUT2D eigenvalue weighted by atomic mass is 16.3. The molecule has 1 N–H and O–H groups in total. The fourth-order valence-electron chi connectivity index (χ4n) is 1.20. The molecule has 1 aromatic heterocycles. The summed E-state index contributed by atoms with van der Waals surface area (Å²) in [6, 6.07) is 1.53. The van der Waals surface area contributed by atoms with Gasteiger partial charge in [-0.3, -0.25) is 4.79 Å². The summed E-state index contributed by atoms with van der Waals surface area (Å²) >= 11 is 0. The highest BCUT2D eigenvalue weighted by Gasteiger charge is 2.04. The van der Waals surface area contributed by atoms with Gasteiger partial charge in [0.2, 0.25) is 0 Å². The predicted octanol–water partition coefficient (Wildman–Crippen LogP) is 0.0802. The molecule has 0 aromatic carbocycles. The van der Waals surface area contributed by atoms with E-state index in [1.54, 1.807) is 13.1 Å².